The van der Waals surface area contributed by atoms with E-state index in [9.17, 15) is 32.7 Å². The summed E-state index contributed by atoms with van der Waals surface area (Å²) < 4.78 is 60.9. The van der Waals surface area contributed by atoms with Crippen LogP contribution < -0.4 is 0 Å². The van der Waals surface area contributed by atoms with E-state index in [-0.39, 0.29) is 58.9 Å². The highest BCUT2D eigenvalue weighted by Crippen LogP contribution is 2.69. The minimum Gasteiger partial charge on any atom is -0.462 e. The molecule has 1 aromatic rings. The number of methoxy groups -OCH3 is 1. The van der Waals surface area contributed by atoms with Crippen molar-refractivity contribution in [1.82, 2.24) is 0 Å². The molecule has 1 N–H and O–H groups in total. The van der Waals surface area contributed by atoms with Crippen LogP contribution in [0.2, 0.25) is 0 Å². The molecule has 0 heterocycles. The number of hydrogen-bond donors (Lipinski definition) is 1. The molecule has 0 aliphatic heterocycles. The minimum absolute atomic E-state index is 0.0648. The molecule has 10 heteroatoms. The molecule has 4 aliphatic carbocycles. The topological polar surface area (TPSA) is 99.1 Å². The van der Waals surface area contributed by atoms with Crippen LogP contribution in [-0.4, -0.2) is 53.9 Å². The number of ketones is 1. The number of allylic oxidation sites excluding steroid dienone is 1. The van der Waals surface area contributed by atoms with Gasteiger partial charge in [-0.25, -0.2) is 4.79 Å². The lowest BCUT2D eigenvalue weighted by Gasteiger charge is -2.67. The number of carbonyl (C=O) groups is 3. The van der Waals surface area contributed by atoms with Gasteiger partial charge in [0.2, 0.25) is 0 Å². The largest absolute Gasteiger partial charge is 0.462 e. The lowest BCUT2D eigenvalue weighted by atomic mass is 9.39. The summed E-state index contributed by atoms with van der Waals surface area (Å²) in [6, 6.07) is 6.59. The second-order valence-electron chi connectivity index (χ2n) is 15.9. The highest BCUT2D eigenvalue weighted by atomic mass is 19.4. The van der Waals surface area contributed by atoms with E-state index in [1.165, 1.54) is 38.1 Å². The molecular weight excluding hydrogens is 613 g/mol. The van der Waals surface area contributed by atoms with Gasteiger partial charge in [-0.2, -0.15) is 13.2 Å². The smallest absolute Gasteiger partial charge is 0.432 e. The predicted molar refractivity (Wildman–Crippen MR) is 168 cm³/mol. The molecule has 3 saturated carbocycles. The number of fused-ring (bicyclic) bond motifs is 3. The van der Waals surface area contributed by atoms with Gasteiger partial charge in [-0.1, -0.05) is 64.4 Å². The number of ether oxygens (including phenoxy) is 3. The fraction of sp³-hybridized carbons (Fsp3) is 0.703. The molecule has 0 unspecified atom stereocenters. The minimum atomic E-state index is -5.17. The van der Waals surface area contributed by atoms with Gasteiger partial charge in [-0.05, 0) is 79.3 Å². The van der Waals surface area contributed by atoms with Crippen molar-refractivity contribution in [2.24, 2.45) is 34.0 Å². The van der Waals surface area contributed by atoms with E-state index < -0.39 is 46.3 Å². The van der Waals surface area contributed by atoms with Crippen LogP contribution in [0.15, 0.2) is 42.0 Å². The summed E-state index contributed by atoms with van der Waals surface area (Å²) in [5, 5.41) is 12.5. The third-order valence-electron chi connectivity index (χ3n) is 12.4. The summed E-state index contributed by atoms with van der Waals surface area (Å²) in [6.45, 7) is 11.8. The SMILES string of the molecule is CO[C@](C(=O)O[C@@H]1C=C(C)C(=O)C[C@@H]1[C@@]1(O)CC[C@H]2[C@@](C)(C[C@@H](OC(C)=O)[C@H]3C(C)(C)CCC[C@@]32C)C1)(c1ccccc1)C(F)(F)F. The normalized spacial score (nSPS) is 38.2. The van der Waals surface area contributed by atoms with Gasteiger partial charge in [0.05, 0.1) is 5.60 Å². The van der Waals surface area contributed by atoms with Gasteiger partial charge >= 0.3 is 18.1 Å². The van der Waals surface area contributed by atoms with E-state index >= 15 is 0 Å². The maximum Gasteiger partial charge on any atom is 0.432 e. The molecule has 0 saturated heterocycles. The molecule has 0 aromatic heterocycles. The van der Waals surface area contributed by atoms with Gasteiger partial charge in [0, 0.05) is 37.9 Å². The van der Waals surface area contributed by atoms with Crippen LogP contribution in [0.1, 0.15) is 98.5 Å². The molecule has 260 valence electrons. The van der Waals surface area contributed by atoms with E-state index in [4.69, 9.17) is 14.2 Å². The van der Waals surface area contributed by atoms with Gasteiger partial charge < -0.3 is 19.3 Å². The number of Topliss-reactive ketones (excluding diaryl/α,β-unsaturated/α-hetero) is 1. The Morgan fingerprint density at radius 3 is 2.26 bits per heavy atom. The molecule has 0 spiro atoms. The molecule has 7 nitrogen and oxygen atoms in total. The van der Waals surface area contributed by atoms with Gasteiger partial charge in [0.15, 0.2) is 5.78 Å². The number of aliphatic hydroxyl groups is 1. The summed E-state index contributed by atoms with van der Waals surface area (Å²) in [5.41, 5.74) is -5.90. The molecule has 4 aliphatic rings. The van der Waals surface area contributed by atoms with Crippen molar-refractivity contribution in [1.29, 1.82) is 0 Å². The second kappa shape index (κ2) is 12.0. The van der Waals surface area contributed by atoms with Gasteiger partial charge in [-0.3, -0.25) is 9.59 Å². The zero-order valence-corrected chi connectivity index (χ0v) is 28.5. The number of rotatable bonds is 6. The third kappa shape index (κ3) is 5.85. The summed E-state index contributed by atoms with van der Waals surface area (Å²) in [7, 11) is 0.809. The Labute approximate surface area is 275 Å². The molecule has 9 atom stereocenters. The van der Waals surface area contributed by atoms with Crippen molar-refractivity contribution in [3.05, 3.63) is 47.5 Å². The fourth-order valence-electron chi connectivity index (χ4n) is 10.8. The number of halogens is 3. The van der Waals surface area contributed by atoms with Crippen LogP contribution in [-0.2, 0) is 34.2 Å². The van der Waals surface area contributed by atoms with Crippen molar-refractivity contribution in [2.75, 3.05) is 7.11 Å². The number of esters is 2. The third-order valence-corrected chi connectivity index (χ3v) is 12.4. The maximum atomic E-state index is 14.7. The molecule has 5 rings (SSSR count). The predicted octanol–water partition coefficient (Wildman–Crippen LogP) is 7.24. The summed E-state index contributed by atoms with van der Waals surface area (Å²) in [6.07, 6.45) is -1.03. The lowest BCUT2D eigenvalue weighted by Crippen LogP contribution is -2.65. The van der Waals surface area contributed by atoms with Crippen molar-refractivity contribution < 1.29 is 46.9 Å². The van der Waals surface area contributed by atoms with E-state index in [1.54, 1.807) is 0 Å². The molecular formula is C37H49F3O7. The van der Waals surface area contributed by atoms with E-state index in [0.29, 0.717) is 19.3 Å². The second-order valence-corrected chi connectivity index (χ2v) is 15.9. The standard InChI is InChI=1S/C37H49F3O7/c1-22-18-27(47-31(43)36(45-7,37(38,39)40)24-12-9-8-10-13-24)25(19-26(22)42)35(44)17-14-29-33(5,21-35)20-28(46-23(2)41)30-32(3,4)15-11-16-34(29,30)6/h8-10,12-13,18,25,27-30,44H,11,14-17,19-21H2,1-7H3/t25-,27+,28+,29-,30-,33-,34+,35+,36-/m0/s1. The van der Waals surface area contributed by atoms with Crippen LogP contribution in [0.3, 0.4) is 0 Å². The Bertz CT molecular complexity index is 1420. The zero-order chi connectivity index (χ0) is 34.8. The fourth-order valence-corrected chi connectivity index (χ4v) is 10.8. The Kier molecular flexibility index (Phi) is 9.09. The van der Waals surface area contributed by atoms with Gasteiger partial charge in [0.1, 0.15) is 12.2 Å². The first-order valence-electron chi connectivity index (χ1n) is 16.7. The van der Waals surface area contributed by atoms with Gasteiger partial charge in [0.25, 0.3) is 5.60 Å². The average Bonchev–Trinajstić information content (AvgIpc) is 2.93. The first-order chi connectivity index (χ1) is 21.7. The number of carbonyl (C=O) groups excluding carboxylic acids is 3. The van der Waals surface area contributed by atoms with Crippen molar-refractivity contribution >= 4 is 17.7 Å². The number of alkyl halides is 3. The zero-order valence-electron chi connectivity index (χ0n) is 28.5. The van der Waals surface area contributed by atoms with Crippen molar-refractivity contribution in [3.8, 4) is 0 Å². The maximum absolute atomic E-state index is 14.7. The van der Waals surface area contributed by atoms with Gasteiger partial charge in [-0.15, -0.1) is 0 Å². The van der Waals surface area contributed by atoms with E-state index in [1.807, 2.05) is 0 Å². The molecule has 1 aromatic carbocycles. The summed E-state index contributed by atoms with van der Waals surface area (Å²) in [5.74, 6) is -2.98. The lowest BCUT2D eigenvalue weighted by molar-refractivity contribution is -0.279. The van der Waals surface area contributed by atoms with E-state index in [0.717, 1.165) is 38.5 Å². The molecule has 0 radical (unpaired) electrons. The van der Waals surface area contributed by atoms with Crippen LogP contribution >= 0.6 is 0 Å². The van der Waals surface area contributed by atoms with Crippen LogP contribution in [0.25, 0.3) is 0 Å². The Morgan fingerprint density at radius 1 is 1.00 bits per heavy atom. The van der Waals surface area contributed by atoms with Crippen LogP contribution in [0.4, 0.5) is 13.2 Å². The quantitative estimate of drug-likeness (QED) is 0.321. The van der Waals surface area contributed by atoms with Crippen LogP contribution in [0, 0.1) is 34.0 Å². The number of benzene rings is 1. The molecule has 0 bridgehead atoms. The molecule has 47 heavy (non-hydrogen) atoms. The number of hydrogen-bond acceptors (Lipinski definition) is 7. The Balaban J connectivity index is 1.51. The summed E-state index contributed by atoms with van der Waals surface area (Å²) in [4.78, 5) is 39.2. The molecule has 3 fully saturated rings. The monoisotopic (exact) mass is 662 g/mol. The van der Waals surface area contributed by atoms with Crippen LogP contribution in [0.5, 0.6) is 0 Å². The van der Waals surface area contributed by atoms with Crippen molar-refractivity contribution in [2.45, 2.75) is 122 Å². The van der Waals surface area contributed by atoms with E-state index in [2.05, 4.69) is 27.7 Å². The van der Waals surface area contributed by atoms with Crippen molar-refractivity contribution in [3.63, 3.8) is 0 Å². The highest BCUT2D eigenvalue weighted by molar-refractivity contribution is 5.96. The summed E-state index contributed by atoms with van der Waals surface area (Å²) >= 11 is 0. The Morgan fingerprint density at radius 2 is 1.66 bits per heavy atom. The Hall–Kier alpha value is -2.72. The average molecular weight is 663 g/mol. The first kappa shape index (κ1) is 35.6. The molecule has 0 amide bonds. The first-order valence-corrected chi connectivity index (χ1v) is 16.7. The highest BCUT2D eigenvalue weighted by Gasteiger charge is 2.67.